The molecule has 0 radical (unpaired) electrons. The molecule has 0 atom stereocenters. The number of aryl methyl sites for hydroxylation is 1. The molecule has 28 heavy (non-hydrogen) atoms. The molecule has 0 aliphatic carbocycles. The molecule has 0 unspecified atom stereocenters. The van der Waals surface area contributed by atoms with E-state index in [9.17, 15) is 4.79 Å². The number of carbonyl (C=O) groups is 1. The lowest BCUT2D eigenvalue weighted by Crippen LogP contribution is -2.13. The summed E-state index contributed by atoms with van der Waals surface area (Å²) in [6.45, 7) is 2.62. The molecule has 2 aromatic heterocycles. The number of nitrogens with one attached hydrogen (secondary N) is 2. The van der Waals surface area contributed by atoms with Gasteiger partial charge in [0.15, 0.2) is 5.82 Å². The van der Waals surface area contributed by atoms with Crippen LogP contribution in [0.5, 0.6) is 0 Å². The Kier molecular flexibility index (Phi) is 4.95. The Morgan fingerprint density at radius 1 is 1.11 bits per heavy atom. The van der Waals surface area contributed by atoms with Crippen molar-refractivity contribution < 1.29 is 4.79 Å². The molecule has 0 spiro atoms. The van der Waals surface area contributed by atoms with E-state index in [1.807, 2.05) is 61.7 Å². The summed E-state index contributed by atoms with van der Waals surface area (Å²) in [6.07, 6.45) is 1.81. The van der Waals surface area contributed by atoms with Crippen LogP contribution < -0.4 is 5.32 Å². The Labute approximate surface area is 167 Å². The van der Waals surface area contributed by atoms with E-state index in [1.54, 1.807) is 16.8 Å². The SMILES string of the molecule is Cc1ccc(-c2cc(C(=O)Nc3ccn(Cc4ccc(Cl)cc4)n3)[nH]n2)cc1. The number of anilines is 1. The van der Waals surface area contributed by atoms with E-state index in [0.717, 1.165) is 16.8 Å². The minimum absolute atomic E-state index is 0.289. The topological polar surface area (TPSA) is 75.6 Å². The number of aromatic amines is 1. The zero-order valence-corrected chi connectivity index (χ0v) is 15.9. The van der Waals surface area contributed by atoms with Crippen molar-refractivity contribution in [3.63, 3.8) is 0 Å². The summed E-state index contributed by atoms with van der Waals surface area (Å²) in [5, 5.41) is 14.9. The maximum atomic E-state index is 12.5. The quantitative estimate of drug-likeness (QED) is 0.524. The van der Waals surface area contributed by atoms with Gasteiger partial charge >= 0.3 is 0 Å². The first-order chi connectivity index (χ1) is 13.6. The van der Waals surface area contributed by atoms with Crippen molar-refractivity contribution in [1.29, 1.82) is 0 Å². The van der Waals surface area contributed by atoms with Crippen molar-refractivity contribution >= 4 is 23.3 Å². The van der Waals surface area contributed by atoms with E-state index in [1.165, 1.54) is 5.56 Å². The van der Waals surface area contributed by atoms with Crippen LogP contribution in [-0.4, -0.2) is 25.9 Å². The summed E-state index contributed by atoms with van der Waals surface area (Å²) in [6, 6.07) is 19.0. The Morgan fingerprint density at radius 2 is 1.86 bits per heavy atom. The van der Waals surface area contributed by atoms with Gasteiger partial charge in [0.25, 0.3) is 5.91 Å². The van der Waals surface area contributed by atoms with Crippen LogP contribution in [0, 0.1) is 6.92 Å². The second-order valence-electron chi connectivity index (χ2n) is 6.51. The molecular weight excluding hydrogens is 374 g/mol. The third-order valence-electron chi connectivity index (χ3n) is 4.31. The third-order valence-corrected chi connectivity index (χ3v) is 4.56. The predicted octanol–water partition coefficient (Wildman–Crippen LogP) is 4.54. The second kappa shape index (κ2) is 7.70. The fraction of sp³-hybridized carbons (Fsp3) is 0.0952. The summed E-state index contributed by atoms with van der Waals surface area (Å²) < 4.78 is 1.75. The monoisotopic (exact) mass is 391 g/mol. The van der Waals surface area contributed by atoms with Gasteiger partial charge in [-0.1, -0.05) is 53.6 Å². The van der Waals surface area contributed by atoms with Crippen molar-refractivity contribution in [1.82, 2.24) is 20.0 Å². The molecule has 2 heterocycles. The Balaban J connectivity index is 1.42. The van der Waals surface area contributed by atoms with Crippen molar-refractivity contribution in [2.24, 2.45) is 0 Å². The second-order valence-corrected chi connectivity index (χ2v) is 6.95. The van der Waals surface area contributed by atoms with E-state index in [0.29, 0.717) is 23.1 Å². The van der Waals surface area contributed by atoms with Crippen LogP contribution >= 0.6 is 11.6 Å². The van der Waals surface area contributed by atoms with Gasteiger partial charge < -0.3 is 5.32 Å². The number of nitrogens with zero attached hydrogens (tertiary/aromatic N) is 3. The van der Waals surface area contributed by atoms with Crippen LogP contribution in [0.3, 0.4) is 0 Å². The molecule has 1 amide bonds. The first kappa shape index (κ1) is 18.0. The van der Waals surface area contributed by atoms with Crippen LogP contribution in [0.25, 0.3) is 11.3 Å². The molecule has 0 aliphatic heterocycles. The third kappa shape index (κ3) is 4.13. The van der Waals surface area contributed by atoms with E-state index < -0.39 is 0 Å². The number of halogens is 1. The van der Waals surface area contributed by atoms with Gasteiger partial charge in [-0.05, 0) is 30.7 Å². The highest BCUT2D eigenvalue weighted by Crippen LogP contribution is 2.19. The molecule has 4 aromatic rings. The van der Waals surface area contributed by atoms with Crippen LogP contribution in [0.15, 0.2) is 66.9 Å². The average Bonchev–Trinajstić information content (AvgIpc) is 3.34. The zero-order valence-electron chi connectivity index (χ0n) is 15.2. The summed E-state index contributed by atoms with van der Waals surface area (Å²) in [4.78, 5) is 12.5. The minimum atomic E-state index is -0.289. The number of aromatic nitrogens is 4. The smallest absolute Gasteiger partial charge is 0.274 e. The predicted molar refractivity (Wildman–Crippen MR) is 109 cm³/mol. The standard InChI is InChI=1S/C21H18ClN5O/c1-14-2-6-16(7-3-14)18-12-19(25-24-18)21(28)23-20-10-11-27(26-20)13-15-4-8-17(22)9-5-15/h2-12H,13H2,1H3,(H,24,25)(H,23,26,28). The average molecular weight is 392 g/mol. The van der Waals surface area contributed by atoms with Crippen molar-refractivity contribution in [3.8, 4) is 11.3 Å². The Bertz CT molecular complexity index is 1100. The van der Waals surface area contributed by atoms with E-state index in [-0.39, 0.29) is 5.91 Å². The highest BCUT2D eigenvalue weighted by atomic mass is 35.5. The van der Waals surface area contributed by atoms with E-state index in [4.69, 9.17) is 11.6 Å². The maximum Gasteiger partial charge on any atom is 0.274 e. The Hall–Kier alpha value is -3.38. The number of carbonyl (C=O) groups excluding carboxylic acids is 1. The van der Waals surface area contributed by atoms with Gasteiger partial charge in [-0.3, -0.25) is 14.6 Å². The van der Waals surface area contributed by atoms with Crippen LogP contribution in [-0.2, 0) is 6.54 Å². The molecule has 0 bridgehead atoms. The fourth-order valence-electron chi connectivity index (χ4n) is 2.79. The molecule has 0 saturated heterocycles. The summed E-state index contributed by atoms with van der Waals surface area (Å²) in [5.74, 6) is 0.188. The fourth-order valence-corrected chi connectivity index (χ4v) is 2.91. The van der Waals surface area contributed by atoms with Crippen molar-refractivity contribution in [3.05, 3.63) is 88.7 Å². The van der Waals surface area contributed by atoms with E-state index >= 15 is 0 Å². The molecular formula is C21H18ClN5O. The summed E-state index contributed by atoms with van der Waals surface area (Å²) >= 11 is 5.90. The normalized spacial score (nSPS) is 10.8. The summed E-state index contributed by atoms with van der Waals surface area (Å²) in [5.41, 5.74) is 4.29. The summed E-state index contributed by atoms with van der Waals surface area (Å²) in [7, 11) is 0. The Morgan fingerprint density at radius 3 is 2.61 bits per heavy atom. The van der Waals surface area contributed by atoms with Crippen LogP contribution in [0.2, 0.25) is 5.02 Å². The molecule has 0 aliphatic rings. The molecule has 2 aromatic carbocycles. The number of rotatable bonds is 5. The molecule has 0 fully saturated rings. The largest absolute Gasteiger partial charge is 0.304 e. The maximum absolute atomic E-state index is 12.5. The van der Waals surface area contributed by atoms with Crippen LogP contribution in [0.4, 0.5) is 5.82 Å². The number of amides is 1. The number of hydrogen-bond acceptors (Lipinski definition) is 3. The first-order valence-electron chi connectivity index (χ1n) is 8.78. The molecule has 7 heteroatoms. The lowest BCUT2D eigenvalue weighted by atomic mass is 10.1. The van der Waals surface area contributed by atoms with Gasteiger partial charge in [-0.15, -0.1) is 0 Å². The number of benzene rings is 2. The van der Waals surface area contributed by atoms with Gasteiger partial charge in [0.1, 0.15) is 5.69 Å². The van der Waals surface area contributed by atoms with Gasteiger partial charge in [0.05, 0.1) is 12.2 Å². The van der Waals surface area contributed by atoms with Gasteiger partial charge in [0, 0.05) is 22.8 Å². The minimum Gasteiger partial charge on any atom is -0.304 e. The first-order valence-corrected chi connectivity index (χ1v) is 9.16. The van der Waals surface area contributed by atoms with Crippen molar-refractivity contribution in [2.45, 2.75) is 13.5 Å². The van der Waals surface area contributed by atoms with Crippen LogP contribution in [0.1, 0.15) is 21.6 Å². The molecule has 2 N–H and O–H groups in total. The lowest BCUT2D eigenvalue weighted by molar-refractivity contribution is 0.102. The lowest BCUT2D eigenvalue weighted by Gasteiger charge is -2.02. The number of hydrogen-bond donors (Lipinski definition) is 2. The molecule has 0 saturated carbocycles. The highest BCUT2D eigenvalue weighted by Gasteiger charge is 2.12. The molecule has 6 nitrogen and oxygen atoms in total. The van der Waals surface area contributed by atoms with E-state index in [2.05, 4.69) is 20.6 Å². The van der Waals surface area contributed by atoms with Gasteiger partial charge in [-0.2, -0.15) is 10.2 Å². The zero-order chi connectivity index (χ0) is 19.5. The molecule has 4 rings (SSSR count). The highest BCUT2D eigenvalue weighted by molar-refractivity contribution is 6.30. The van der Waals surface area contributed by atoms with Gasteiger partial charge in [0.2, 0.25) is 0 Å². The van der Waals surface area contributed by atoms with Gasteiger partial charge in [-0.25, -0.2) is 0 Å². The van der Waals surface area contributed by atoms with Crippen molar-refractivity contribution in [2.75, 3.05) is 5.32 Å². The number of H-pyrrole nitrogens is 1. The molecule has 140 valence electrons.